The molecular formula is C22H18N4O. The van der Waals surface area contributed by atoms with Crippen molar-refractivity contribution in [3.8, 4) is 23.1 Å². The maximum absolute atomic E-state index is 9.34. The molecule has 0 saturated carbocycles. The van der Waals surface area contributed by atoms with Gasteiger partial charge >= 0.3 is 0 Å². The number of aryl methyl sites for hydroxylation is 1. The standard InChI is InChI=1S/C22H18N4O/c1-16-6-7-17(14-24-16)9-11-27-19-8-10-26-21(15-25-22(26)12-19)20-5-3-2-4-18(20)13-23/h2-8,10,12,14-15H,9,11H2,1H3. The Morgan fingerprint density at radius 1 is 1.07 bits per heavy atom. The maximum atomic E-state index is 9.34. The van der Waals surface area contributed by atoms with Crippen LogP contribution in [-0.2, 0) is 6.42 Å². The molecule has 0 bridgehead atoms. The van der Waals surface area contributed by atoms with Crippen LogP contribution in [0.3, 0.4) is 0 Å². The monoisotopic (exact) mass is 354 g/mol. The number of imidazole rings is 1. The first-order chi connectivity index (χ1) is 13.2. The number of nitrogens with zero attached hydrogens (tertiary/aromatic N) is 4. The smallest absolute Gasteiger partial charge is 0.140 e. The van der Waals surface area contributed by atoms with Crippen LogP contribution in [0.4, 0.5) is 0 Å². The third kappa shape index (κ3) is 3.51. The SMILES string of the molecule is Cc1ccc(CCOc2ccn3c(-c4ccccc4C#N)cnc3c2)cn1. The highest BCUT2D eigenvalue weighted by Crippen LogP contribution is 2.25. The van der Waals surface area contributed by atoms with Gasteiger partial charge in [0.15, 0.2) is 0 Å². The van der Waals surface area contributed by atoms with Gasteiger partial charge in [-0.25, -0.2) is 4.98 Å². The zero-order valence-corrected chi connectivity index (χ0v) is 15.0. The third-order valence-electron chi connectivity index (χ3n) is 4.44. The quantitative estimate of drug-likeness (QED) is 0.539. The molecule has 5 heteroatoms. The highest BCUT2D eigenvalue weighted by Gasteiger charge is 2.10. The second-order valence-electron chi connectivity index (χ2n) is 6.30. The van der Waals surface area contributed by atoms with Gasteiger partial charge in [0.2, 0.25) is 0 Å². The Kier molecular flexibility index (Phi) is 4.54. The minimum absolute atomic E-state index is 0.575. The molecule has 0 aliphatic rings. The second kappa shape index (κ2) is 7.30. The highest BCUT2D eigenvalue weighted by atomic mass is 16.5. The van der Waals surface area contributed by atoms with Crippen molar-refractivity contribution in [3.05, 3.63) is 83.9 Å². The van der Waals surface area contributed by atoms with Gasteiger partial charge in [-0.15, -0.1) is 0 Å². The molecule has 0 unspecified atom stereocenters. The fourth-order valence-electron chi connectivity index (χ4n) is 2.99. The van der Waals surface area contributed by atoms with Crippen molar-refractivity contribution in [1.29, 1.82) is 5.26 Å². The summed E-state index contributed by atoms with van der Waals surface area (Å²) in [7, 11) is 0. The van der Waals surface area contributed by atoms with Crippen LogP contribution < -0.4 is 4.74 Å². The minimum Gasteiger partial charge on any atom is -0.493 e. The van der Waals surface area contributed by atoms with Crippen LogP contribution in [0.2, 0.25) is 0 Å². The number of aromatic nitrogens is 3. The van der Waals surface area contributed by atoms with E-state index in [2.05, 4.69) is 22.1 Å². The van der Waals surface area contributed by atoms with E-state index in [4.69, 9.17) is 4.74 Å². The lowest BCUT2D eigenvalue weighted by molar-refractivity contribution is 0.321. The van der Waals surface area contributed by atoms with Gasteiger partial charge in [0.05, 0.1) is 30.1 Å². The third-order valence-corrected chi connectivity index (χ3v) is 4.44. The van der Waals surface area contributed by atoms with Crippen molar-refractivity contribution in [2.24, 2.45) is 0 Å². The van der Waals surface area contributed by atoms with E-state index in [0.717, 1.165) is 40.3 Å². The van der Waals surface area contributed by atoms with Gasteiger partial charge in [-0.1, -0.05) is 24.3 Å². The van der Waals surface area contributed by atoms with Crippen LogP contribution in [0.15, 0.2) is 67.1 Å². The van der Waals surface area contributed by atoms with Gasteiger partial charge in [0, 0.05) is 36.1 Å². The molecule has 0 aliphatic heterocycles. The molecule has 0 atom stereocenters. The van der Waals surface area contributed by atoms with Crippen LogP contribution in [0, 0.1) is 18.3 Å². The van der Waals surface area contributed by atoms with E-state index in [9.17, 15) is 5.26 Å². The van der Waals surface area contributed by atoms with E-state index in [1.54, 1.807) is 6.20 Å². The van der Waals surface area contributed by atoms with Gasteiger partial charge in [0.1, 0.15) is 11.4 Å². The Morgan fingerprint density at radius 3 is 2.78 bits per heavy atom. The van der Waals surface area contributed by atoms with Gasteiger partial charge in [-0.2, -0.15) is 5.26 Å². The zero-order valence-electron chi connectivity index (χ0n) is 15.0. The Balaban J connectivity index is 1.52. The predicted molar refractivity (Wildman–Crippen MR) is 104 cm³/mol. The predicted octanol–water partition coefficient (Wildman–Crippen LogP) is 4.20. The topological polar surface area (TPSA) is 63.2 Å². The number of hydrogen-bond donors (Lipinski definition) is 0. The van der Waals surface area contributed by atoms with Crippen LogP contribution in [0.5, 0.6) is 5.75 Å². The number of hydrogen-bond acceptors (Lipinski definition) is 4. The molecular weight excluding hydrogens is 336 g/mol. The average molecular weight is 354 g/mol. The van der Waals surface area contributed by atoms with Crippen molar-refractivity contribution in [2.45, 2.75) is 13.3 Å². The lowest BCUT2D eigenvalue weighted by Crippen LogP contribution is -2.02. The first kappa shape index (κ1) is 16.8. The van der Waals surface area contributed by atoms with E-state index in [1.807, 2.05) is 66.2 Å². The largest absolute Gasteiger partial charge is 0.493 e. The van der Waals surface area contributed by atoms with E-state index >= 15 is 0 Å². The van der Waals surface area contributed by atoms with Crippen molar-refractivity contribution < 1.29 is 4.74 Å². The molecule has 1 aromatic carbocycles. The van der Waals surface area contributed by atoms with Gasteiger partial charge in [-0.3, -0.25) is 9.38 Å². The molecule has 4 aromatic rings. The van der Waals surface area contributed by atoms with E-state index in [-0.39, 0.29) is 0 Å². The number of benzene rings is 1. The lowest BCUT2D eigenvalue weighted by Gasteiger charge is -2.08. The lowest BCUT2D eigenvalue weighted by atomic mass is 10.1. The summed E-state index contributed by atoms with van der Waals surface area (Å²) in [6, 6.07) is 17.7. The average Bonchev–Trinajstić information content (AvgIpc) is 3.12. The van der Waals surface area contributed by atoms with Crippen molar-refractivity contribution >= 4 is 5.65 Å². The second-order valence-corrected chi connectivity index (χ2v) is 6.30. The fraction of sp³-hybridized carbons (Fsp3) is 0.136. The van der Waals surface area contributed by atoms with Gasteiger partial charge in [-0.05, 0) is 30.7 Å². The number of ether oxygens (including phenoxy) is 1. The van der Waals surface area contributed by atoms with Crippen molar-refractivity contribution in [1.82, 2.24) is 14.4 Å². The maximum Gasteiger partial charge on any atom is 0.140 e. The fourth-order valence-corrected chi connectivity index (χ4v) is 2.99. The van der Waals surface area contributed by atoms with Gasteiger partial charge in [0.25, 0.3) is 0 Å². The van der Waals surface area contributed by atoms with E-state index in [0.29, 0.717) is 12.2 Å². The van der Waals surface area contributed by atoms with Crippen LogP contribution in [0.1, 0.15) is 16.8 Å². The molecule has 5 nitrogen and oxygen atoms in total. The van der Waals surface area contributed by atoms with Crippen molar-refractivity contribution in [3.63, 3.8) is 0 Å². The molecule has 0 fully saturated rings. The highest BCUT2D eigenvalue weighted by molar-refractivity contribution is 5.70. The summed E-state index contributed by atoms with van der Waals surface area (Å²) in [6.45, 7) is 2.55. The van der Waals surface area contributed by atoms with E-state index < -0.39 is 0 Å². The molecule has 4 rings (SSSR count). The van der Waals surface area contributed by atoms with Crippen LogP contribution in [0.25, 0.3) is 16.9 Å². The molecule has 3 aromatic heterocycles. The normalized spacial score (nSPS) is 10.7. The first-order valence-electron chi connectivity index (χ1n) is 8.75. The number of nitriles is 1. The number of rotatable bonds is 5. The minimum atomic E-state index is 0.575. The zero-order chi connectivity index (χ0) is 18.6. The molecule has 0 N–H and O–H groups in total. The number of pyridine rings is 2. The Bertz CT molecular complexity index is 1120. The summed E-state index contributed by atoms with van der Waals surface area (Å²) in [4.78, 5) is 8.77. The molecule has 0 saturated heterocycles. The molecule has 0 aliphatic carbocycles. The molecule has 3 heterocycles. The summed E-state index contributed by atoms with van der Waals surface area (Å²) >= 11 is 0. The van der Waals surface area contributed by atoms with Crippen LogP contribution >= 0.6 is 0 Å². The Hall–Kier alpha value is -3.65. The summed E-state index contributed by atoms with van der Waals surface area (Å²) in [5.74, 6) is 0.772. The van der Waals surface area contributed by atoms with Crippen LogP contribution in [-0.4, -0.2) is 21.0 Å². The first-order valence-corrected chi connectivity index (χ1v) is 8.75. The summed E-state index contributed by atoms with van der Waals surface area (Å²) in [6.07, 6.45) is 6.39. The summed E-state index contributed by atoms with van der Waals surface area (Å²) < 4.78 is 7.84. The molecule has 27 heavy (non-hydrogen) atoms. The summed E-state index contributed by atoms with van der Waals surface area (Å²) in [5.41, 5.74) is 5.34. The Labute approximate surface area is 157 Å². The molecule has 0 spiro atoms. The molecule has 0 amide bonds. The van der Waals surface area contributed by atoms with Gasteiger partial charge < -0.3 is 4.74 Å². The molecule has 0 radical (unpaired) electrons. The number of fused-ring (bicyclic) bond motifs is 1. The summed E-state index contributed by atoms with van der Waals surface area (Å²) in [5, 5.41) is 9.34. The van der Waals surface area contributed by atoms with Crippen molar-refractivity contribution in [2.75, 3.05) is 6.61 Å². The van der Waals surface area contributed by atoms with E-state index in [1.165, 1.54) is 0 Å². The molecule has 132 valence electrons. The Morgan fingerprint density at radius 2 is 1.96 bits per heavy atom.